The van der Waals surface area contributed by atoms with E-state index in [0.29, 0.717) is 5.56 Å². The third-order valence-electron chi connectivity index (χ3n) is 3.97. The van der Waals surface area contributed by atoms with E-state index in [1.54, 1.807) is 6.20 Å². The minimum absolute atomic E-state index is 0.110. The molecule has 2 aromatic rings. The van der Waals surface area contributed by atoms with Gasteiger partial charge in [-0.25, -0.2) is 8.78 Å². The van der Waals surface area contributed by atoms with Crippen LogP contribution in [-0.2, 0) is 7.05 Å². The van der Waals surface area contributed by atoms with Gasteiger partial charge in [0.1, 0.15) is 0 Å². The smallest absolute Gasteiger partial charge is 0.256 e. The highest BCUT2D eigenvalue weighted by Crippen LogP contribution is 2.30. The summed E-state index contributed by atoms with van der Waals surface area (Å²) >= 11 is 3.41. The van der Waals surface area contributed by atoms with Crippen molar-refractivity contribution >= 4 is 32.7 Å². The molecule has 0 N–H and O–H groups in total. The third kappa shape index (κ3) is 2.69. The molecule has 1 aromatic carbocycles. The van der Waals surface area contributed by atoms with Crippen LogP contribution in [0.5, 0.6) is 0 Å². The maximum Gasteiger partial charge on any atom is 0.256 e. The predicted octanol–water partition coefficient (Wildman–Crippen LogP) is 3.81. The van der Waals surface area contributed by atoms with Crippen molar-refractivity contribution in [1.82, 2.24) is 9.47 Å². The average Bonchev–Trinajstić information content (AvgIpc) is 2.75. The molecule has 0 saturated carbocycles. The van der Waals surface area contributed by atoms with Crippen LogP contribution < -0.4 is 0 Å². The first-order valence-corrected chi connectivity index (χ1v) is 7.58. The molecule has 6 heteroatoms. The first-order chi connectivity index (χ1) is 9.87. The second-order valence-corrected chi connectivity index (χ2v) is 6.38. The molecule has 1 amide bonds. The van der Waals surface area contributed by atoms with Gasteiger partial charge in [-0.3, -0.25) is 4.79 Å². The van der Waals surface area contributed by atoms with E-state index in [1.165, 1.54) is 4.90 Å². The van der Waals surface area contributed by atoms with Crippen LogP contribution in [0, 0.1) is 0 Å². The van der Waals surface area contributed by atoms with E-state index >= 15 is 0 Å². The summed E-state index contributed by atoms with van der Waals surface area (Å²) in [7, 11) is 1.87. The minimum Gasteiger partial charge on any atom is -0.350 e. The average molecular weight is 357 g/mol. The summed E-state index contributed by atoms with van der Waals surface area (Å²) in [5, 5.41) is 0.850. The Morgan fingerprint density at radius 1 is 1.29 bits per heavy atom. The normalized spacial score (nSPS) is 18.2. The SMILES string of the molecule is Cn1cc(C(=O)N2CCC(F)(F)CC2)c2ccc(Br)cc21. The quantitative estimate of drug-likeness (QED) is 0.762. The summed E-state index contributed by atoms with van der Waals surface area (Å²) in [6, 6.07) is 5.70. The van der Waals surface area contributed by atoms with E-state index in [0.717, 1.165) is 15.4 Å². The summed E-state index contributed by atoms with van der Waals surface area (Å²) in [6.45, 7) is 0.220. The monoisotopic (exact) mass is 356 g/mol. The molecule has 0 spiro atoms. The van der Waals surface area contributed by atoms with E-state index in [-0.39, 0.29) is 31.8 Å². The number of halogens is 3. The zero-order valence-electron chi connectivity index (χ0n) is 11.6. The minimum atomic E-state index is -2.64. The third-order valence-corrected chi connectivity index (χ3v) is 4.46. The maximum atomic E-state index is 13.2. The van der Waals surface area contributed by atoms with Crippen molar-refractivity contribution in [2.24, 2.45) is 7.05 Å². The molecule has 0 atom stereocenters. The van der Waals surface area contributed by atoms with Crippen molar-refractivity contribution in [3.63, 3.8) is 0 Å². The molecule has 0 bridgehead atoms. The number of likely N-dealkylation sites (tertiary alicyclic amines) is 1. The lowest BCUT2D eigenvalue weighted by Gasteiger charge is -2.31. The second kappa shape index (κ2) is 5.09. The molecule has 0 unspecified atom stereocenters. The molecule has 1 aliphatic rings. The van der Waals surface area contributed by atoms with E-state index in [9.17, 15) is 13.6 Å². The Kier molecular flexibility index (Phi) is 3.51. The molecule has 0 aliphatic carbocycles. The Bertz CT molecular complexity index is 701. The second-order valence-electron chi connectivity index (χ2n) is 5.46. The number of aryl methyl sites for hydroxylation is 1. The van der Waals surface area contributed by atoms with Crippen LogP contribution >= 0.6 is 15.9 Å². The molecule has 2 heterocycles. The Morgan fingerprint density at radius 2 is 1.95 bits per heavy atom. The van der Waals surface area contributed by atoms with E-state index in [4.69, 9.17) is 0 Å². The summed E-state index contributed by atoms with van der Waals surface area (Å²) in [6.07, 6.45) is 1.26. The molecule has 1 fully saturated rings. The number of carbonyl (C=O) groups is 1. The van der Waals surface area contributed by atoms with Gasteiger partial charge >= 0.3 is 0 Å². The molecule has 3 nitrogen and oxygen atoms in total. The lowest BCUT2D eigenvalue weighted by Crippen LogP contribution is -2.42. The van der Waals surface area contributed by atoms with Crippen molar-refractivity contribution in [2.75, 3.05) is 13.1 Å². The number of piperidine rings is 1. The van der Waals surface area contributed by atoms with Gasteiger partial charge in [-0.05, 0) is 12.1 Å². The Labute approximate surface area is 129 Å². The van der Waals surface area contributed by atoms with Crippen molar-refractivity contribution in [2.45, 2.75) is 18.8 Å². The van der Waals surface area contributed by atoms with Crippen molar-refractivity contribution in [3.05, 3.63) is 34.4 Å². The number of fused-ring (bicyclic) bond motifs is 1. The highest BCUT2D eigenvalue weighted by atomic mass is 79.9. The largest absolute Gasteiger partial charge is 0.350 e. The van der Waals surface area contributed by atoms with Crippen LogP contribution in [0.4, 0.5) is 8.78 Å². The highest BCUT2D eigenvalue weighted by Gasteiger charge is 2.36. The van der Waals surface area contributed by atoms with Gasteiger partial charge in [0.15, 0.2) is 0 Å². The standard InChI is InChI=1S/C15H15BrF2N2O/c1-19-9-12(11-3-2-10(16)8-13(11)19)14(21)20-6-4-15(17,18)5-7-20/h2-3,8-9H,4-7H2,1H3. The summed E-state index contributed by atoms with van der Waals surface area (Å²) < 4.78 is 29.2. The first-order valence-electron chi connectivity index (χ1n) is 6.79. The van der Waals surface area contributed by atoms with Crippen LogP contribution in [0.15, 0.2) is 28.9 Å². The number of rotatable bonds is 1. The van der Waals surface area contributed by atoms with Gasteiger partial charge < -0.3 is 9.47 Å². The molecule has 1 aromatic heterocycles. The van der Waals surface area contributed by atoms with Crippen molar-refractivity contribution < 1.29 is 13.6 Å². The molecular weight excluding hydrogens is 342 g/mol. The van der Waals surface area contributed by atoms with E-state index in [2.05, 4.69) is 15.9 Å². The Balaban J connectivity index is 1.92. The topological polar surface area (TPSA) is 25.2 Å². The summed E-state index contributed by atoms with van der Waals surface area (Å²) in [5.41, 5.74) is 1.51. The molecular formula is C15H15BrF2N2O. The fraction of sp³-hybridized carbons (Fsp3) is 0.400. The lowest BCUT2D eigenvalue weighted by atomic mass is 10.1. The number of hydrogen-bond donors (Lipinski definition) is 0. The van der Waals surface area contributed by atoms with E-state index < -0.39 is 5.92 Å². The molecule has 112 valence electrons. The molecule has 0 radical (unpaired) electrons. The molecule has 1 saturated heterocycles. The Hall–Kier alpha value is -1.43. The summed E-state index contributed by atoms with van der Waals surface area (Å²) in [4.78, 5) is 14.1. The lowest BCUT2D eigenvalue weighted by molar-refractivity contribution is -0.0493. The number of alkyl halides is 2. The van der Waals surface area contributed by atoms with Gasteiger partial charge in [0.05, 0.1) is 5.56 Å². The number of hydrogen-bond acceptors (Lipinski definition) is 1. The maximum absolute atomic E-state index is 13.2. The zero-order chi connectivity index (χ0) is 15.2. The number of aromatic nitrogens is 1. The van der Waals surface area contributed by atoms with Gasteiger partial charge in [0.2, 0.25) is 0 Å². The van der Waals surface area contributed by atoms with Gasteiger partial charge in [-0.15, -0.1) is 0 Å². The van der Waals surface area contributed by atoms with E-state index in [1.807, 2.05) is 29.8 Å². The van der Waals surface area contributed by atoms with Gasteiger partial charge in [-0.1, -0.05) is 22.0 Å². The molecule has 1 aliphatic heterocycles. The number of amides is 1. The van der Waals surface area contributed by atoms with Crippen LogP contribution in [0.1, 0.15) is 23.2 Å². The predicted molar refractivity (Wildman–Crippen MR) is 80.7 cm³/mol. The van der Waals surface area contributed by atoms with Gasteiger partial charge in [0.25, 0.3) is 11.8 Å². The fourth-order valence-electron chi connectivity index (χ4n) is 2.73. The Morgan fingerprint density at radius 3 is 2.62 bits per heavy atom. The highest BCUT2D eigenvalue weighted by molar-refractivity contribution is 9.10. The molecule has 21 heavy (non-hydrogen) atoms. The summed E-state index contributed by atoms with van der Waals surface area (Å²) in [5.74, 6) is -2.81. The van der Waals surface area contributed by atoms with Crippen LogP contribution in [0.3, 0.4) is 0 Å². The number of carbonyl (C=O) groups excluding carboxylic acids is 1. The van der Waals surface area contributed by atoms with Crippen molar-refractivity contribution in [1.29, 1.82) is 0 Å². The first kappa shape index (κ1) is 14.5. The van der Waals surface area contributed by atoms with Crippen LogP contribution in [0.25, 0.3) is 10.9 Å². The van der Waals surface area contributed by atoms with Crippen molar-refractivity contribution in [3.8, 4) is 0 Å². The molecule has 3 rings (SSSR count). The fourth-order valence-corrected chi connectivity index (χ4v) is 3.08. The number of benzene rings is 1. The number of nitrogens with zero attached hydrogens (tertiary/aromatic N) is 2. The van der Waals surface area contributed by atoms with Crippen LogP contribution in [0.2, 0.25) is 0 Å². The van der Waals surface area contributed by atoms with Crippen LogP contribution in [-0.4, -0.2) is 34.4 Å². The van der Waals surface area contributed by atoms with Gasteiger partial charge in [-0.2, -0.15) is 0 Å². The van der Waals surface area contributed by atoms with Gasteiger partial charge in [0, 0.05) is 54.6 Å². The zero-order valence-corrected chi connectivity index (χ0v) is 13.2.